The second-order valence-corrected chi connectivity index (χ2v) is 18.9. The van der Waals surface area contributed by atoms with Gasteiger partial charge in [0.05, 0.1) is 103 Å². The molecule has 0 spiro atoms. The van der Waals surface area contributed by atoms with Crippen LogP contribution in [0.1, 0.15) is 38.0 Å². The van der Waals surface area contributed by atoms with E-state index in [2.05, 4.69) is 51.6 Å². The minimum Gasteiger partial charge on any atom is -0.394 e. The van der Waals surface area contributed by atoms with E-state index in [4.69, 9.17) is 48.7 Å². The Morgan fingerprint density at radius 2 is 1.63 bits per heavy atom. The van der Waals surface area contributed by atoms with Crippen molar-refractivity contribution in [3.05, 3.63) is 34.1 Å². The molecule has 34 heteroatoms. The maximum atomic E-state index is 12.6. The molecule has 2 amide bonds. The maximum absolute atomic E-state index is 12.6. The van der Waals surface area contributed by atoms with E-state index in [9.17, 15) is 53.2 Å². The Balaban J connectivity index is 1.02. The molecule has 31 nitrogen and oxygen atoms in total. The van der Waals surface area contributed by atoms with Crippen molar-refractivity contribution in [1.82, 2.24) is 36.2 Å². The Morgan fingerprint density at radius 1 is 0.941 bits per heavy atom. The number of nitrogens with one attached hydrogen (secondary N) is 4. The average molecular weight is 1040 g/mol. The van der Waals surface area contributed by atoms with Crippen LogP contribution in [-0.2, 0) is 69.6 Å². The highest BCUT2D eigenvalue weighted by molar-refractivity contribution is 7.66. The summed E-state index contributed by atoms with van der Waals surface area (Å²) in [5.74, 6) is 4.43. The summed E-state index contributed by atoms with van der Waals surface area (Å²) in [6.45, 7) is 2.42. The van der Waals surface area contributed by atoms with E-state index in [1.807, 2.05) is 0 Å². The fraction of sp³-hybridized carbons (Fsp3) is 0.706. The third kappa shape index (κ3) is 20.4. The summed E-state index contributed by atoms with van der Waals surface area (Å²) in [7, 11) is -16.6. The molecule has 386 valence electrons. The first kappa shape index (κ1) is 57.1. The molecule has 1 aromatic heterocycles. The molecule has 0 aromatic carbocycles. The predicted molar refractivity (Wildman–Crippen MR) is 226 cm³/mol. The topological polar surface area (TPSA) is 432 Å². The molecule has 68 heavy (non-hydrogen) atoms. The van der Waals surface area contributed by atoms with Crippen LogP contribution in [0.2, 0.25) is 0 Å². The third-order valence-electron chi connectivity index (χ3n) is 9.20. The monoisotopic (exact) mass is 1040 g/mol. The molecule has 13 N–H and O–H groups in total. The van der Waals surface area contributed by atoms with Gasteiger partial charge in [-0.05, 0) is 12.8 Å². The molecule has 5 unspecified atom stereocenters. The number of hydrogen-bond acceptors (Lipinski definition) is 24. The molecule has 4 heterocycles. The second-order valence-electron chi connectivity index (χ2n) is 14.5. The van der Waals surface area contributed by atoms with Crippen LogP contribution in [0.4, 0.5) is 5.82 Å². The highest BCUT2D eigenvalue weighted by Crippen LogP contribution is 2.66. The van der Waals surface area contributed by atoms with Gasteiger partial charge in [0.2, 0.25) is 11.8 Å². The summed E-state index contributed by atoms with van der Waals surface area (Å²) in [6.07, 6.45) is -3.42. The molecule has 2 saturated heterocycles. The number of carbonyl (C=O) groups is 2. The number of phosphoric acid groups is 3. The number of ether oxygens (including phenoxy) is 7. The highest BCUT2D eigenvalue weighted by Gasteiger charge is 2.45. The molecule has 2 fully saturated rings. The van der Waals surface area contributed by atoms with Crippen LogP contribution >= 0.6 is 23.5 Å². The lowest BCUT2D eigenvalue weighted by Gasteiger charge is -2.42. The van der Waals surface area contributed by atoms with Crippen molar-refractivity contribution < 1.29 is 104 Å². The van der Waals surface area contributed by atoms with Gasteiger partial charge in [0, 0.05) is 25.7 Å². The lowest BCUT2D eigenvalue weighted by atomic mass is 9.97. The summed E-state index contributed by atoms with van der Waals surface area (Å²) < 4.78 is 86.2. The number of aliphatic hydroxyl groups excluding tert-OH is 3. The number of aliphatic hydroxyl groups is 3. The number of nitrogens with zero attached hydrogens (tertiary/aromatic N) is 3. The molecular weight excluding hydrogens is 981 g/mol. The number of hydrazine groups is 2. The SMILES string of the molecule is CC(=O)NC1C(O)[C@H](O)C(CO)O[C@H]1OCCOCCOCCOCC1=CN(CCOCCC(=O)NCC#Cc2cn([C@H]3CC[C@@H](COP(=O)(O)OP(=O)(O)OP(=O)(O)O)O3)c(=O)nc2N)NN1. The Kier molecular flexibility index (Phi) is 23.3. The van der Waals surface area contributed by atoms with Crippen molar-refractivity contribution >= 4 is 41.1 Å². The quantitative estimate of drug-likeness (QED) is 0.0206. The van der Waals surface area contributed by atoms with E-state index in [-0.39, 0.29) is 82.7 Å². The Bertz CT molecular complexity index is 2110. The Labute approximate surface area is 387 Å². The van der Waals surface area contributed by atoms with E-state index >= 15 is 0 Å². The fourth-order valence-electron chi connectivity index (χ4n) is 6.13. The van der Waals surface area contributed by atoms with Crippen molar-refractivity contribution in [1.29, 1.82) is 0 Å². The molecule has 0 saturated carbocycles. The van der Waals surface area contributed by atoms with Crippen molar-refractivity contribution in [3.63, 3.8) is 0 Å². The molecule has 1 aromatic rings. The van der Waals surface area contributed by atoms with Gasteiger partial charge < -0.3 is 89.8 Å². The van der Waals surface area contributed by atoms with Crippen LogP contribution in [0.25, 0.3) is 0 Å². The number of carbonyl (C=O) groups excluding carboxylic acids is 2. The number of amides is 2. The van der Waals surface area contributed by atoms with Gasteiger partial charge in [-0.1, -0.05) is 11.8 Å². The van der Waals surface area contributed by atoms with Crippen molar-refractivity contribution in [2.45, 2.75) is 69.2 Å². The van der Waals surface area contributed by atoms with Gasteiger partial charge >= 0.3 is 29.2 Å². The zero-order valence-electron chi connectivity index (χ0n) is 36.4. The number of phosphoric ester groups is 1. The van der Waals surface area contributed by atoms with Crippen LogP contribution in [0.5, 0.6) is 0 Å². The lowest BCUT2D eigenvalue weighted by Crippen LogP contribution is -2.64. The first-order valence-corrected chi connectivity index (χ1v) is 25.1. The highest BCUT2D eigenvalue weighted by atomic mass is 31.3. The molecule has 0 bridgehead atoms. The number of hydrogen-bond donors (Lipinski definition) is 12. The van der Waals surface area contributed by atoms with Gasteiger partial charge in [0.1, 0.15) is 36.4 Å². The molecular formula is C34H57N8O23P3. The summed E-state index contributed by atoms with van der Waals surface area (Å²) in [6, 6.07) is -1.04. The van der Waals surface area contributed by atoms with Gasteiger partial charge in [-0.15, -0.1) is 5.53 Å². The van der Waals surface area contributed by atoms with Gasteiger partial charge in [-0.25, -0.2) is 18.5 Å². The fourth-order valence-corrected chi connectivity index (χ4v) is 9.18. The molecule has 0 radical (unpaired) electrons. The normalized spacial score (nSPS) is 24.6. The summed E-state index contributed by atoms with van der Waals surface area (Å²) in [5.41, 5.74) is 11.9. The zero-order valence-corrected chi connectivity index (χ0v) is 39.1. The van der Waals surface area contributed by atoms with E-state index in [0.29, 0.717) is 26.4 Å². The minimum absolute atomic E-state index is 0.0454. The molecule has 3 aliphatic heterocycles. The maximum Gasteiger partial charge on any atom is 0.490 e. The lowest BCUT2D eigenvalue weighted by molar-refractivity contribution is -0.272. The molecule has 9 atom stereocenters. The zero-order chi connectivity index (χ0) is 49.9. The van der Waals surface area contributed by atoms with Crippen LogP contribution < -0.4 is 33.0 Å². The number of aromatic nitrogens is 2. The van der Waals surface area contributed by atoms with Crippen LogP contribution in [-0.4, -0.2) is 184 Å². The summed E-state index contributed by atoms with van der Waals surface area (Å²) in [5, 5.41) is 36.6. The Morgan fingerprint density at radius 3 is 2.32 bits per heavy atom. The molecule has 0 aliphatic carbocycles. The largest absolute Gasteiger partial charge is 0.490 e. The smallest absolute Gasteiger partial charge is 0.394 e. The summed E-state index contributed by atoms with van der Waals surface area (Å²) >= 11 is 0. The Hall–Kier alpha value is -3.51. The summed E-state index contributed by atoms with van der Waals surface area (Å²) in [4.78, 5) is 76.3. The third-order valence-corrected chi connectivity index (χ3v) is 13.0. The molecule has 4 rings (SSSR count). The first-order valence-electron chi connectivity index (χ1n) is 20.5. The van der Waals surface area contributed by atoms with E-state index in [1.54, 1.807) is 11.2 Å². The van der Waals surface area contributed by atoms with E-state index < -0.39 is 91.3 Å². The van der Waals surface area contributed by atoms with Crippen LogP contribution in [0, 0.1) is 11.8 Å². The standard InChI is InChI=1S/C34H57N8O23P3/c1-22(44)37-29-31(47)30(46)26(19-43)63-33(29)60-16-15-58-12-11-57-13-14-59-20-24-18-41(40-39-24)8-10-56-9-6-27(45)36-7-2-3-23-17-42(34(48)38-32(23)35)28-5-4-25(62-28)21-61-67(52,53)65-68(54,55)64-66(49,50)51/h17-18,25-26,28-31,33,39-40,43,46-47H,4-16,19-21H2,1H3,(H,36,45)(H,37,44)(H,52,53)(H,54,55)(H2,35,38,48)(H2,49,50,51)/t25-,26?,28+,29?,30+,31?,33+/m0/s1. The van der Waals surface area contributed by atoms with E-state index in [1.165, 1.54) is 13.1 Å². The van der Waals surface area contributed by atoms with Crippen LogP contribution in [0.3, 0.4) is 0 Å². The van der Waals surface area contributed by atoms with Crippen molar-refractivity contribution in [2.75, 3.05) is 91.5 Å². The predicted octanol–water partition coefficient (Wildman–Crippen LogP) is -4.10. The van der Waals surface area contributed by atoms with Crippen molar-refractivity contribution in [3.8, 4) is 11.8 Å². The van der Waals surface area contributed by atoms with Gasteiger partial charge in [0.15, 0.2) is 6.29 Å². The van der Waals surface area contributed by atoms with Gasteiger partial charge in [-0.2, -0.15) is 13.6 Å². The number of rotatable bonds is 29. The van der Waals surface area contributed by atoms with E-state index in [0.717, 1.165) is 10.3 Å². The number of nitrogen functional groups attached to an aromatic ring is 1. The first-order chi connectivity index (χ1) is 32.1. The minimum atomic E-state index is -5.70. The number of nitrogens with two attached hydrogens (primary N) is 1. The van der Waals surface area contributed by atoms with Gasteiger partial charge in [-0.3, -0.25) is 23.7 Å². The average Bonchev–Trinajstić information content (AvgIpc) is 3.92. The molecule has 3 aliphatic rings. The number of anilines is 1. The van der Waals surface area contributed by atoms with Crippen molar-refractivity contribution in [2.24, 2.45) is 0 Å². The second kappa shape index (κ2) is 27.8. The van der Waals surface area contributed by atoms with Gasteiger partial charge in [0.25, 0.3) is 0 Å². The van der Waals surface area contributed by atoms with Crippen LogP contribution in [0.15, 0.2) is 22.9 Å².